The van der Waals surface area contributed by atoms with Gasteiger partial charge in [0, 0.05) is 30.4 Å². The number of amides is 2. The summed E-state index contributed by atoms with van der Waals surface area (Å²) in [6, 6.07) is 5.86. The van der Waals surface area contributed by atoms with Crippen molar-refractivity contribution >= 4 is 33.4 Å². The molecule has 2 amide bonds. The van der Waals surface area contributed by atoms with Crippen LogP contribution in [0.5, 0.6) is 0 Å². The van der Waals surface area contributed by atoms with Gasteiger partial charge in [0.25, 0.3) is 0 Å². The Kier molecular flexibility index (Phi) is 5.72. The first-order valence-corrected chi connectivity index (χ1v) is 7.45. The first kappa shape index (κ1) is 15.9. The molecular formula is C14H18BrN3O3. The van der Waals surface area contributed by atoms with Crippen molar-refractivity contribution in [3.63, 3.8) is 0 Å². The normalized spacial score (nSPS) is 15.2. The molecule has 1 heterocycles. The number of anilines is 1. The van der Waals surface area contributed by atoms with Crippen molar-refractivity contribution in [2.75, 3.05) is 38.3 Å². The lowest BCUT2D eigenvalue weighted by atomic mass is 10.1. The van der Waals surface area contributed by atoms with Crippen LogP contribution in [0.1, 0.15) is 5.56 Å². The molecule has 2 N–H and O–H groups in total. The monoisotopic (exact) mass is 355 g/mol. The predicted molar refractivity (Wildman–Crippen MR) is 83.1 cm³/mol. The summed E-state index contributed by atoms with van der Waals surface area (Å²) in [6.07, 6.45) is 0. The molecule has 0 radical (unpaired) electrons. The molecule has 0 unspecified atom stereocenters. The van der Waals surface area contributed by atoms with Gasteiger partial charge in [-0.2, -0.15) is 0 Å². The third-order valence-electron chi connectivity index (χ3n) is 3.13. The van der Waals surface area contributed by atoms with Crippen molar-refractivity contribution in [2.24, 2.45) is 0 Å². The molecule has 2 rings (SSSR count). The Morgan fingerprint density at radius 1 is 1.33 bits per heavy atom. The molecule has 7 heteroatoms. The number of carbonyl (C=O) groups excluding carboxylic acids is 2. The number of methoxy groups -OCH3 is 1. The second kappa shape index (κ2) is 7.53. The first-order chi connectivity index (χ1) is 10.1. The van der Waals surface area contributed by atoms with Gasteiger partial charge in [0.1, 0.15) is 0 Å². The topological polar surface area (TPSA) is 70.7 Å². The number of halogens is 1. The van der Waals surface area contributed by atoms with Crippen molar-refractivity contribution in [3.05, 3.63) is 28.2 Å². The molecule has 0 saturated carbocycles. The highest BCUT2D eigenvalue weighted by molar-refractivity contribution is 9.10. The van der Waals surface area contributed by atoms with E-state index in [1.807, 2.05) is 18.2 Å². The van der Waals surface area contributed by atoms with Crippen LogP contribution in [0.25, 0.3) is 0 Å². The van der Waals surface area contributed by atoms with Crippen LogP contribution >= 0.6 is 15.9 Å². The Bertz CT molecular complexity index is 520. The van der Waals surface area contributed by atoms with Crippen LogP contribution in [0.15, 0.2) is 22.7 Å². The maximum absolute atomic E-state index is 11.5. The second-order valence-corrected chi connectivity index (χ2v) is 5.69. The van der Waals surface area contributed by atoms with E-state index in [4.69, 9.17) is 4.74 Å². The summed E-state index contributed by atoms with van der Waals surface area (Å²) in [4.78, 5) is 24.9. The molecule has 1 fully saturated rings. The van der Waals surface area contributed by atoms with Gasteiger partial charge < -0.3 is 15.0 Å². The van der Waals surface area contributed by atoms with E-state index in [2.05, 4.69) is 26.6 Å². The summed E-state index contributed by atoms with van der Waals surface area (Å²) in [5, 5.41) is 5.58. The smallest absolute Gasteiger partial charge is 0.246 e. The number of ether oxygens (including phenoxy) is 1. The van der Waals surface area contributed by atoms with Crippen LogP contribution in [0.2, 0.25) is 0 Å². The maximum Gasteiger partial charge on any atom is 0.246 e. The lowest BCUT2D eigenvalue weighted by Crippen LogP contribution is -2.51. The number of benzene rings is 1. The van der Waals surface area contributed by atoms with Crippen molar-refractivity contribution in [3.8, 4) is 0 Å². The fourth-order valence-corrected chi connectivity index (χ4v) is 2.53. The standard InChI is InChI=1S/C14H18BrN3O3/c1-21-5-4-16-7-10-2-3-11(15)6-12(10)18-8-13(19)17-14(20)9-18/h2-3,6,16H,4-5,7-9H2,1H3,(H,17,19,20). The third-order valence-corrected chi connectivity index (χ3v) is 3.63. The van der Waals surface area contributed by atoms with E-state index in [1.54, 1.807) is 12.0 Å². The molecule has 0 bridgehead atoms. The number of piperazine rings is 1. The lowest BCUT2D eigenvalue weighted by Gasteiger charge is -2.29. The number of rotatable bonds is 6. The first-order valence-electron chi connectivity index (χ1n) is 6.66. The molecule has 0 aromatic heterocycles. The molecule has 1 aromatic carbocycles. The molecule has 21 heavy (non-hydrogen) atoms. The van der Waals surface area contributed by atoms with Crippen molar-refractivity contribution in [1.82, 2.24) is 10.6 Å². The third kappa shape index (κ3) is 4.52. The molecule has 0 spiro atoms. The van der Waals surface area contributed by atoms with E-state index in [0.29, 0.717) is 13.2 Å². The SMILES string of the molecule is COCCNCc1ccc(Br)cc1N1CC(=O)NC(=O)C1. The van der Waals surface area contributed by atoms with Crippen LogP contribution in [-0.4, -0.2) is 45.2 Å². The Balaban J connectivity index is 2.14. The molecule has 6 nitrogen and oxygen atoms in total. The highest BCUT2D eigenvalue weighted by atomic mass is 79.9. The number of nitrogens with one attached hydrogen (secondary N) is 2. The maximum atomic E-state index is 11.5. The molecule has 1 saturated heterocycles. The van der Waals surface area contributed by atoms with Gasteiger partial charge in [-0.1, -0.05) is 22.0 Å². The number of imide groups is 1. The zero-order valence-corrected chi connectivity index (χ0v) is 13.4. The van der Waals surface area contributed by atoms with Crippen molar-refractivity contribution in [1.29, 1.82) is 0 Å². The van der Waals surface area contributed by atoms with Gasteiger partial charge in [0.2, 0.25) is 11.8 Å². The van der Waals surface area contributed by atoms with Crippen molar-refractivity contribution in [2.45, 2.75) is 6.54 Å². The molecule has 1 aromatic rings. The lowest BCUT2D eigenvalue weighted by molar-refractivity contribution is -0.130. The highest BCUT2D eigenvalue weighted by Crippen LogP contribution is 2.25. The quantitative estimate of drug-likeness (QED) is 0.579. The molecule has 114 valence electrons. The molecule has 1 aliphatic heterocycles. The number of nitrogens with zero attached hydrogens (tertiary/aromatic N) is 1. The van der Waals surface area contributed by atoms with Crippen LogP contribution in [0.3, 0.4) is 0 Å². The Morgan fingerprint density at radius 3 is 2.71 bits per heavy atom. The van der Waals surface area contributed by atoms with Crippen molar-refractivity contribution < 1.29 is 14.3 Å². The summed E-state index contributed by atoms with van der Waals surface area (Å²) in [5.41, 5.74) is 1.93. The molecule has 0 atom stereocenters. The number of hydrogen-bond acceptors (Lipinski definition) is 5. The van der Waals surface area contributed by atoms with Crippen LogP contribution in [0.4, 0.5) is 5.69 Å². The minimum Gasteiger partial charge on any atom is -0.383 e. The fraction of sp³-hybridized carbons (Fsp3) is 0.429. The van der Waals surface area contributed by atoms with Gasteiger partial charge in [0.15, 0.2) is 0 Å². The van der Waals surface area contributed by atoms with E-state index < -0.39 is 0 Å². The summed E-state index contributed by atoms with van der Waals surface area (Å²) in [5.74, 6) is -0.547. The minimum absolute atomic E-state index is 0.188. The van der Waals surface area contributed by atoms with E-state index in [-0.39, 0.29) is 24.9 Å². The van der Waals surface area contributed by atoms with Crippen LogP contribution in [0, 0.1) is 0 Å². The van der Waals surface area contributed by atoms with Gasteiger partial charge >= 0.3 is 0 Å². The summed E-state index contributed by atoms with van der Waals surface area (Å²) in [6.45, 7) is 2.40. The zero-order chi connectivity index (χ0) is 15.2. The van der Waals surface area contributed by atoms with E-state index in [1.165, 1.54) is 0 Å². The van der Waals surface area contributed by atoms with E-state index in [9.17, 15) is 9.59 Å². The zero-order valence-electron chi connectivity index (χ0n) is 11.8. The number of hydrogen-bond donors (Lipinski definition) is 2. The van der Waals surface area contributed by atoms with Crippen LogP contribution in [-0.2, 0) is 20.9 Å². The predicted octanol–water partition coefficient (Wildman–Crippen LogP) is 0.648. The van der Waals surface area contributed by atoms with Gasteiger partial charge in [-0.25, -0.2) is 0 Å². The Morgan fingerprint density at radius 2 is 2.05 bits per heavy atom. The van der Waals surface area contributed by atoms with Gasteiger partial charge in [0.05, 0.1) is 19.7 Å². The second-order valence-electron chi connectivity index (χ2n) is 4.77. The largest absolute Gasteiger partial charge is 0.383 e. The Hall–Kier alpha value is -1.44. The summed E-state index contributed by atoms with van der Waals surface area (Å²) < 4.78 is 5.91. The average molecular weight is 356 g/mol. The average Bonchev–Trinajstić information content (AvgIpc) is 2.44. The minimum atomic E-state index is -0.274. The highest BCUT2D eigenvalue weighted by Gasteiger charge is 2.24. The van der Waals surface area contributed by atoms with E-state index >= 15 is 0 Å². The fourth-order valence-electron chi connectivity index (χ4n) is 2.19. The van der Waals surface area contributed by atoms with Crippen LogP contribution < -0.4 is 15.5 Å². The Labute approximate surface area is 132 Å². The molecule has 1 aliphatic rings. The summed E-state index contributed by atoms with van der Waals surface area (Å²) in [7, 11) is 1.66. The van der Waals surface area contributed by atoms with Gasteiger partial charge in [-0.05, 0) is 17.7 Å². The molecular weight excluding hydrogens is 338 g/mol. The van der Waals surface area contributed by atoms with Gasteiger partial charge in [-0.15, -0.1) is 0 Å². The molecule has 0 aliphatic carbocycles. The van der Waals surface area contributed by atoms with Gasteiger partial charge in [-0.3, -0.25) is 14.9 Å². The number of carbonyl (C=O) groups is 2. The van der Waals surface area contributed by atoms with E-state index in [0.717, 1.165) is 22.3 Å². The summed E-state index contributed by atoms with van der Waals surface area (Å²) >= 11 is 3.43.